The minimum absolute atomic E-state index is 0.307. The van der Waals surface area contributed by atoms with Crippen LogP contribution in [-0.4, -0.2) is 31.1 Å². The highest BCUT2D eigenvalue weighted by Gasteiger charge is 2.19. The van der Waals surface area contributed by atoms with Gasteiger partial charge >= 0.3 is 0 Å². The van der Waals surface area contributed by atoms with Gasteiger partial charge in [-0.25, -0.2) is 0 Å². The van der Waals surface area contributed by atoms with Crippen molar-refractivity contribution in [2.24, 2.45) is 0 Å². The number of hydrogen-bond donors (Lipinski definition) is 1. The van der Waals surface area contributed by atoms with Gasteiger partial charge in [0.1, 0.15) is 5.76 Å². The van der Waals surface area contributed by atoms with Crippen molar-refractivity contribution in [2.75, 3.05) is 20.1 Å². The normalized spacial score (nSPS) is 19.0. The minimum atomic E-state index is 0.307. The summed E-state index contributed by atoms with van der Waals surface area (Å²) < 4.78 is 5.38. The van der Waals surface area contributed by atoms with E-state index in [-0.39, 0.29) is 0 Å². The highest BCUT2D eigenvalue weighted by atomic mass is 16.3. The minimum Gasteiger partial charge on any atom is -0.468 e. The van der Waals surface area contributed by atoms with Gasteiger partial charge in [0.05, 0.1) is 12.3 Å². The average molecular weight is 236 g/mol. The highest BCUT2D eigenvalue weighted by Crippen LogP contribution is 2.22. The molecular formula is C14H24N2O. The molecule has 1 unspecified atom stereocenters. The number of nitrogens with zero attached hydrogens (tertiary/aromatic N) is 1. The fourth-order valence-corrected chi connectivity index (χ4v) is 2.62. The molecule has 1 N–H and O–H groups in total. The van der Waals surface area contributed by atoms with Crippen LogP contribution in [0.15, 0.2) is 22.8 Å². The van der Waals surface area contributed by atoms with Gasteiger partial charge in [0, 0.05) is 19.1 Å². The quantitative estimate of drug-likeness (QED) is 0.823. The maximum absolute atomic E-state index is 5.38. The summed E-state index contributed by atoms with van der Waals surface area (Å²) in [5.74, 6) is 1.02. The van der Waals surface area contributed by atoms with Crippen molar-refractivity contribution in [2.45, 2.75) is 44.7 Å². The van der Waals surface area contributed by atoms with Gasteiger partial charge in [0.2, 0.25) is 0 Å². The fraction of sp³-hybridized carbons (Fsp3) is 0.714. The molecule has 0 radical (unpaired) electrons. The third-order valence-electron chi connectivity index (χ3n) is 3.83. The lowest BCUT2D eigenvalue weighted by atomic mass is 10.2. The maximum atomic E-state index is 5.38. The number of likely N-dealkylation sites (N-methyl/N-ethyl adjacent to an activating group) is 1. The molecule has 1 aromatic rings. The van der Waals surface area contributed by atoms with Crippen LogP contribution < -0.4 is 5.32 Å². The van der Waals surface area contributed by atoms with Crippen molar-refractivity contribution < 1.29 is 4.42 Å². The Hall–Kier alpha value is -0.800. The monoisotopic (exact) mass is 236 g/mol. The first-order valence-electron chi connectivity index (χ1n) is 6.74. The van der Waals surface area contributed by atoms with E-state index >= 15 is 0 Å². The second-order valence-corrected chi connectivity index (χ2v) is 5.11. The summed E-state index contributed by atoms with van der Waals surface area (Å²) in [6.45, 7) is 4.29. The van der Waals surface area contributed by atoms with Crippen molar-refractivity contribution >= 4 is 0 Å². The van der Waals surface area contributed by atoms with E-state index in [1.807, 2.05) is 12.1 Å². The molecule has 17 heavy (non-hydrogen) atoms. The number of nitrogens with one attached hydrogen (secondary N) is 1. The van der Waals surface area contributed by atoms with Crippen LogP contribution in [0.3, 0.4) is 0 Å². The lowest BCUT2D eigenvalue weighted by molar-refractivity contribution is 0.241. The molecule has 3 nitrogen and oxygen atoms in total. The molecule has 1 heterocycles. The van der Waals surface area contributed by atoms with Crippen molar-refractivity contribution in [3.63, 3.8) is 0 Å². The van der Waals surface area contributed by atoms with Crippen molar-refractivity contribution in [1.29, 1.82) is 0 Å². The van der Waals surface area contributed by atoms with Crippen molar-refractivity contribution in [3.05, 3.63) is 24.2 Å². The predicted molar refractivity (Wildman–Crippen MR) is 70.0 cm³/mol. The second kappa shape index (κ2) is 6.22. The Morgan fingerprint density at radius 1 is 1.47 bits per heavy atom. The molecule has 96 valence electrons. The number of rotatable bonds is 6. The van der Waals surface area contributed by atoms with Crippen LogP contribution in [0, 0.1) is 0 Å². The van der Waals surface area contributed by atoms with Gasteiger partial charge in [0.15, 0.2) is 0 Å². The third-order valence-corrected chi connectivity index (χ3v) is 3.83. The molecule has 1 fully saturated rings. The smallest absolute Gasteiger partial charge is 0.120 e. The Balaban J connectivity index is 1.65. The van der Waals surface area contributed by atoms with Crippen LogP contribution in [-0.2, 0) is 0 Å². The predicted octanol–water partition coefficient (Wildman–Crippen LogP) is 2.80. The molecule has 0 spiro atoms. The SMILES string of the molecule is CC(NCCN(C)C1CCCC1)c1ccco1. The van der Waals surface area contributed by atoms with Gasteiger partial charge < -0.3 is 14.6 Å². The van der Waals surface area contributed by atoms with E-state index in [1.165, 1.54) is 25.7 Å². The van der Waals surface area contributed by atoms with Crippen molar-refractivity contribution in [1.82, 2.24) is 10.2 Å². The zero-order valence-corrected chi connectivity index (χ0v) is 11.0. The Morgan fingerprint density at radius 3 is 2.88 bits per heavy atom. The molecule has 2 rings (SSSR count). The maximum Gasteiger partial charge on any atom is 0.120 e. The highest BCUT2D eigenvalue weighted by molar-refractivity contribution is 5.02. The molecule has 0 aliphatic heterocycles. The van der Waals surface area contributed by atoms with E-state index in [0.717, 1.165) is 24.9 Å². The Morgan fingerprint density at radius 2 is 2.24 bits per heavy atom. The molecule has 1 aliphatic rings. The van der Waals surface area contributed by atoms with E-state index in [1.54, 1.807) is 6.26 Å². The van der Waals surface area contributed by atoms with Crippen molar-refractivity contribution in [3.8, 4) is 0 Å². The summed E-state index contributed by atoms with van der Waals surface area (Å²) in [6, 6.07) is 5.09. The third kappa shape index (κ3) is 3.58. The van der Waals surface area contributed by atoms with Gasteiger partial charge in [0.25, 0.3) is 0 Å². The molecule has 0 aromatic carbocycles. The van der Waals surface area contributed by atoms with Crippen LogP contribution in [0.2, 0.25) is 0 Å². The first-order valence-corrected chi connectivity index (χ1v) is 6.74. The largest absolute Gasteiger partial charge is 0.468 e. The van der Waals surface area contributed by atoms with Crippen LogP contribution in [0.25, 0.3) is 0 Å². The Bertz CT molecular complexity index is 304. The lowest BCUT2D eigenvalue weighted by Crippen LogP contribution is -2.36. The average Bonchev–Trinajstić information content (AvgIpc) is 3.02. The first kappa shape index (κ1) is 12.7. The van der Waals surface area contributed by atoms with Gasteiger partial charge in [-0.3, -0.25) is 0 Å². The van der Waals surface area contributed by atoms with Crippen LogP contribution in [0.5, 0.6) is 0 Å². The summed E-state index contributed by atoms with van der Waals surface area (Å²) in [5, 5.41) is 3.50. The van der Waals surface area contributed by atoms with Gasteiger partial charge in [-0.2, -0.15) is 0 Å². The molecule has 3 heteroatoms. The molecule has 1 saturated carbocycles. The molecule has 0 bridgehead atoms. The van der Waals surface area contributed by atoms with E-state index in [0.29, 0.717) is 6.04 Å². The Labute approximate surface area is 104 Å². The summed E-state index contributed by atoms with van der Waals surface area (Å²) >= 11 is 0. The van der Waals surface area contributed by atoms with Gasteiger partial charge in [-0.1, -0.05) is 12.8 Å². The summed E-state index contributed by atoms with van der Waals surface area (Å²) in [4.78, 5) is 2.49. The van der Waals surface area contributed by atoms with E-state index < -0.39 is 0 Å². The van der Waals surface area contributed by atoms with E-state index in [2.05, 4.69) is 24.2 Å². The van der Waals surface area contributed by atoms with Gasteiger partial charge in [-0.15, -0.1) is 0 Å². The lowest BCUT2D eigenvalue weighted by Gasteiger charge is -2.24. The molecule has 1 atom stereocenters. The summed E-state index contributed by atoms with van der Waals surface area (Å²) in [7, 11) is 2.25. The van der Waals surface area contributed by atoms with Crippen LogP contribution in [0.1, 0.15) is 44.4 Å². The molecular weight excluding hydrogens is 212 g/mol. The second-order valence-electron chi connectivity index (χ2n) is 5.11. The zero-order valence-electron chi connectivity index (χ0n) is 11.0. The fourth-order valence-electron chi connectivity index (χ4n) is 2.62. The topological polar surface area (TPSA) is 28.4 Å². The number of hydrogen-bond acceptors (Lipinski definition) is 3. The zero-order chi connectivity index (χ0) is 12.1. The molecule has 1 aliphatic carbocycles. The standard InChI is InChI=1S/C14H24N2O/c1-12(14-8-5-11-17-14)15-9-10-16(2)13-6-3-4-7-13/h5,8,11-13,15H,3-4,6-7,9-10H2,1-2H3. The summed E-state index contributed by atoms with van der Waals surface area (Å²) in [5.41, 5.74) is 0. The van der Waals surface area contributed by atoms with Gasteiger partial charge in [-0.05, 0) is 38.9 Å². The molecule has 1 aromatic heterocycles. The van der Waals surface area contributed by atoms with Crippen LogP contribution >= 0.6 is 0 Å². The molecule has 0 amide bonds. The van der Waals surface area contributed by atoms with E-state index in [4.69, 9.17) is 4.42 Å². The molecule has 0 saturated heterocycles. The Kier molecular flexibility index (Phi) is 4.63. The number of furan rings is 1. The van der Waals surface area contributed by atoms with E-state index in [9.17, 15) is 0 Å². The summed E-state index contributed by atoms with van der Waals surface area (Å²) in [6.07, 6.45) is 7.31. The van der Waals surface area contributed by atoms with Crippen LogP contribution in [0.4, 0.5) is 0 Å². The first-order chi connectivity index (χ1) is 8.27.